The maximum absolute atomic E-state index is 12.8. The van der Waals surface area contributed by atoms with E-state index in [1.54, 1.807) is 36.5 Å². The first-order chi connectivity index (χ1) is 13.6. The fourth-order valence-corrected chi connectivity index (χ4v) is 3.36. The number of benzene rings is 1. The summed E-state index contributed by atoms with van der Waals surface area (Å²) in [4.78, 5) is 23.5. The Morgan fingerprint density at radius 1 is 1.14 bits per heavy atom. The number of aromatic nitrogens is 2. The number of nitrogens with two attached hydrogens (primary N) is 1. The van der Waals surface area contributed by atoms with Crippen LogP contribution in [0.3, 0.4) is 0 Å². The smallest absolute Gasteiger partial charge is 0.215 e. The average Bonchev–Trinajstić information content (AvgIpc) is 2.74. The number of hydrogen-bond acceptors (Lipinski definition) is 7. The highest BCUT2D eigenvalue weighted by Gasteiger charge is 2.23. The number of nitrogens with zero attached hydrogens (tertiary/aromatic N) is 3. The minimum Gasteiger partial charge on any atom is -0.508 e. The molecule has 7 heteroatoms. The Morgan fingerprint density at radius 3 is 2.75 bits per heavy atom. The van der Waals surface area contributed by atoms with Crippen LogP contribution in [0.1, 0.15) is 27.7 Å². The number of nitrogen functional groups attached to an aromatic ring is 1. The van der Waals surface area contributed by atoms with Crippen LogP contribution >= 0.6 is 0 Å². The zero-order valence-corrected chi connectivity index (χ0v) is 15.2. The number of rotatable bonds is 4. The van der Waals surface area contributed by atoms with Crippen LogP contribution in [0.5, 0.6) is 5.75 Å². The highest BCUT2D eigenvalue weighted by atomic mass is 16.3. The van der Waals surface area contributed by atoms with Crippen molar-refractivity contribution in [2.45, 2.75) is 6.04 Å². The molecule has 1 fully saturated rings. The summed E-state index contributed by atoms with van der Waals surface area (Å²) in [5, 5.41) is 13.0. The second-order valence-electron chi connectivity index (χ2n) is 6.69. The van der Waals surface area contributed by atoms with Gasteiger partial charge in [-0.25, -0.2) is 9.97 Å². The SMILES string of the molecule is Nc1ncccc1C(=O)c1cccc(N2CCNC(c3ccc(O)cc3)C2)n1. The standard InChI is InChI=1S/C21H21N5O2/c22-21-16(3-2-10-24-21)20(28)17-4-1-5-19(25-17)26-12-11-23-18(13-26)14-6-8-15(27)9-7-14/h1-10,18,23,27H,11-13H2,(H2,22,24). The van der Waals surface area contributed by atoms with Gasteiger partial charge < -0.3 is 21.1 Å². The normalized spacial score (nSPS) is 16.7. The fraction of sp³-hybridized carbons (Fsp3) is 0.190. The van der Waals surface area contributed by atoms with Crippen LogP contribution in [0.4, 0.5) is 11.6 Å². The van der Waals surface area contributed by atoms with Gasteiger partial charge in [-0.15, -0.1) is 0 Å². The van der Waals surface area contributed by atoms with Gasteiger partial charge in [0.2, 0.25) is 5.78 Å². The van der Waals surface area contributed by atoms with Crippen LogP contribution < -0.4 is 16.0 Å². The maximum Gasteiger partial charge on any atom is 0.215 e. The van der Waals surface area contributed by atoms with Crippen molar-refractivity contribution in [2.75, 3.05) is 30.3 Å². The molecule has 0 saturated carbocycles. The average molecular weight is 375 g/mol. The zero-order chi connectivity index (χ0) is 19.5. The number of nitrogens with one attached hydrogen (secondary N) is 1. The molecule has 1 aliphatic rings. The Hall–Kier alpha value is -3.45. The second-order valence-corrected chi connectivity index (χ2v) is 6.69. The molecular weight excluding hydrogens is 354 g/mol. The summed E-state index contributed by atoms with van der Waals surface area (Å²) in [6.45, 7) is 2.29. The molecular formula is C21H21N5O2. The quantitative estimate of drug-likeness (QED) is 0.600. The number of carbonyl (C=O) groups excluding carboxylic acids is 1. The predicted octanol–water partition coefficient (Wildman–Crippen LogP) is 2.15. The number of phenolic OH excluding ortho intramolecular Hbond substituents is 1. The van der Waals surface area contributed by atoms with Gasteiger partial charge in [-0.2, -0.15) is 0 Å². The molecule has 0 amide bonds. The lowest BCUT2D eigenvalue weighted by Gasteiger charge is -2.35. The van der Waals surface area contributed by atoms with Crippen molar-refractivity contribution >= 4 is 17.4 Å². The number of ketones is 1. The maximum atomic E-state index is 12.8. The summed E-state index contributed by atoms with van der Waals surface area (Å²) in [6, 6.07) is 16.1. The molecule has 3 aromatic rings. The number of piperazine rings is 1. The van der Waals surface area contributed by atoms with Crippen LogP contribution in [0.25, 0.3) is 0 Å². The van der Waals surface area contributed by atoms with Crippen LogP contribution in [-0.2, 0) is 0 Å². The highest BCUT2D eigenvalue weighted by Crippen LogP contribution is 2.23. The largest absolute Gasteiger partial charge is 0.508 e. The van der Waals surface area contributed by atoms with E-state index in [-0.39, 0.29) is 23.4 Å². The van der Waals surface area contributed by atoms with Crippen molar-refractivity contribution in [3.63, 3.8) is 0 Å². The number of carbonyl (C=O) groups is 1. The molecule has 0 bridgehead atoms. The minimum atomic E-state index is -0.238. The molecule has 1 aliphatic heterocycles. The van der Waals surface area contributed by atoms with E-state index in [4.69, 9.17) is 5.73 Å². The van der Waals surface area contributed by atoms with Crippen LogP contribution in [0.2, 0.25) is 0 Å². The third kappa shape index (κ3) is 3.65. The summed E-state index contributed by atoms with van der Waals surface area (Å²) in [5.74, 6) is 0.962. The first-order valence-electron chi connectivity index (χ1n) is 9.11. The summed E-state index contributed by atoms with van der Waals surface area (Å²) in [6.07, 6.45) is 1.56. The molecule has 2 aromatic heterocycles. The molecule has 4 N–H and O–H groups in total. The van der Waals surface area contributed by atoms with Crippen molar-refractivity contribution < 1.29 is 9.90 Å². The molecule has 0 aliphatic carbocycles. The predicted molar refractivity (Wildman–Crippen MR) is 107 cm³/mol. The number of aromatic hydroxyl groups is 1. The van der Waals surface area contributed by atoms with Gasteiger partial charge in [0.05, 0.1) is 5.56 Å². The summed E-state index contributed by atoms with van der Waals surface area (Å²) < 4.78 is 0. The molecule has 1 aromatic carbocycles. The van der Waals surface area contributed by atoms with Gasteiger partial charge in [0.25, 0.3) is 0 Å². The first kappa shape index (κ1) is 17.9. The summed E-state index contributed by atoms with van der Waals surface area (Å²) in [5.41, 5.74) is 7.63. The van der Waals surface area contributed by atoms with E-state index < -0.39 is 0 Å². The Bertz CT molecular complexity index is 990. The molecule has 28 heavy (non-hydrogen) atoms. The lowest BCUT2D eigenvalue weighted by Crippen LogP contribution is -2.46. The van der Waals surface area contributed by atoms with Crippen molar-refractivity contribution in [3.05, 3.63) is 77.6 Å². The molecule has 4 rings (SSSR count). The van der Waals surface area contributed by atoms with E-state index >= 15 is 0 Å². The zero-order valence-electron chi connectivity index (χ0n) is 15.2. The first-order valence-corrected chi connectivity index (χ1v) is 9.11. The summed E-state index contributed by atoms with van der Waals surface area (Å²) in [7, 11) is 0. The van der Waals surface area contributed by atoms with Crippen LogP contribution in [0, 0.1) is 0 Å². The minimum absolute atomic E-state index is 0.115. The van der Waals surface area contributed by atoms with Crippen molar-refractivity contribution in [1.82, 2.24) is 15.3 Å². The van der Waals surface area contributed by atoms with E-state index in [2.05, 4.69) is 20.2 Å². The van der Waals surface area contributed by atoms with Crippen molar-refractivity contribution in [3.8, 4) is 5.75 Å². The third-order valence-electron chi connectivity index (χ3n) is 4.85. The molecule has 3 heterocycles. The third-order valence-corrected chi connectivity index (χ3v) is 4.85. The van der Waals surface area contributed by atoms with E-state index in [0.29, 0.717) is 17.8 Å². The molecule has 0 spiro atoms. The van der Waals surface area contributed by atoms with Gasteiger partial charge >= 0.3 is 0 Å². The molecule has 1 saturated heterocycles. The van der Waals surface area contributed by atoms with Crippen molar-refractivity contribution in [2.24, 2.45) is 0 Å². The van der Waals surface area contributed by atoms with Gasteiger partial charge in [0, 0.05) is 31.9 Å². The molecule has 1 unspecified atom stereocenters. The van der Waals surface area contributed by atoms with E-state index in [0.717, 1.165) is 24.5 Å². The Labute approximate surface area is 162 Å². The van der Waals surface area contributed by atoms with Crippen LogP contribution in [0.15, 0.2) is 60.8 Å². The lowest BCUT2D eigenvalue weighted by atomic mass is 10.0. The summed E-state index contributed by atoms with van der Waals surface area (Å²) >= 11 is 0. The Morgan fingerprint density at radius 2 is 1.96 bits per heavy atom. The van der Waals surface area contributed by atoms with E-state index in [1.807, 2.05) is 24.3 Å². The molecule has 7 nitrogen and oxygen atoms in total. The number of hydrogen-bond donors (Lipinski definition) is 3. The number of anilines is 2. The van der Waals surface area contributed by atoms with Crippen LogP contribution in [-0.4, -0.2) is 40.5 Å². The van der Waals surface area contributed by atoms with Gasteiger partial charge in [-0.05, 0) is 42.0 Å². The van der Waals surface area contributed by atoms with E-state index in [9.17, 15) is 9.90 Å². The number of phenols is 1. The Kier molecular flexibility index (Phi) is 4.90. The van der Waals surface area contributed by atoms with Gasteiger partial charge in [-0.3, -0.25) is 4.79 Å². The van der Waals surface area contributed by atoms with Gasteiger partial charge in [-0.1, -0.05) is 18.2 Å². The molecule has 142 valence electrons. The van der Waals surface area contributed by atoms with Gasteiger partial charge in [0.1, 0.15) is 23.1 Å². The highest BCUT2D eigenvalue weighted by molar-refractivity contribution is 6.10. The topological polar surface area (TPSA) is 104 Å². The Balaban J connectivity index is 1.56. The molecule has 0 radical (unpaired) electrons. The monoisotopic (exact) mass is 375 g/mol. The lowest BCUT2D eigenvalue weighted by molar-refractivity contribution is 0.103. The van der Waals surface area contributed by atoms with E-state index in [1.165, 1.54) is 0 Å². The van der Waals surface area contributed by atoms with Gasteiger partial charge in [0.15, 0.2) is 0 Å². The second kappa shape index (κ2) is 7.66. The molecule has 1 atom stereocenters. The number of pyridine rings is 2. The fourth-order valence-electron chi connectivity index (χ4n) is 3.36. The van der Waals surface area contributed by atoms with Crippen molar-refractivity contribution in [1.29, 1.82) is 0 Å².